The first kappa shape index (κ1) is 6.65. The molecule has 2 nitrogen and oxygen atoms in total. The fourth-order valence-electron chi connectivity index (χ4n) is 1.46. The van der Waals surface area contributed by atoms with Gasteiger partial charge in [-0.25, -0.2) is 0 Å². The molecule has 1 aliphatic rings. The standard InChI is InChI=1S/C9H12N2/c1-7-8(2)10-11-6-4-3-5-9(7)11/h3,5H,4,6H2,1-2H3. The second-order valence-electron chi connectivity index (χ2n) is 3.01. The number of aryl methyl sites for hydroxylation is 2. The van der Waals surface area contributed by atoms with E-state index in [0.717, 1.165) is 18.7 Å². The van der Waals surface area contributed by atoms with Crippen molar-refractivity contribution in [1.29, 1.82) is 0 Å². The molecule has 0 saturated heterocycles. The number of aromatic nitrogens is 2. The summed E-state index contributed by atoms with van der Waals surface area (Å²) in [5.74, 6) is 0. The van der Waals surface area contributed by atoms with E-state index in [9.17, 15) is 0 Å². The Morgan fingerprint density at radius 3 is 3.00 bits per heavy atom. The SMILES string of the molecule is Cc1nn2c(c1C)C=CCC2. The summed E-state index contributed by atoms with van der Waals surface area (Å²) in [7, 11) is 0. The zero-order valence-corrected chi connectivity index (χ0v) is 6.96. The van der Waals surface area contributed by atoms with Crippen molar-refractivity contribution in [1.82, 2.24) is 9.78 Å². The Kier molecular flexibility index (Phi) is 1.34. The fourth-order valence-corrected chi connectivity index (χ4v) is 1.46. The zero-order valence-electron chi connectivity index (χ0n) is 6.96. The van der Waals surface area contributed by atoms with Crippen LogP contribution in [0.1, 0.15) is 23.4 Å². The van der Waals surface area contributed by atoms with Gasteiger partial charge in [0.2, 0.25) is 0 Å². The summed E-state index contributed by atoms with van der Waals surface area (Å²) in [6.07, 6.45) is 5.50. The zero-order chi connectivity index (χ0) is 7.84. The van der Waals surface area contributed by atoms with Crippen molar-refractivity contribution in [3.63, 3.8) is 0 Å². The first-order chi connectivity index (χ1) is 5.29. The van der Waals surface area contributed by atoms with Gasteiger partial charge in [0, 0.05) is 6.54 Å². The third-order valence-electron chi connectivity index (χ3n) is 2.26. The highest BCUT2D eigenvalue weighted by Gasteiger charge is 2.10. The van der Waals surface area contributed by atoms with Gasteiger partial charge in [0.15, 0.2) is 0 Å². The molecule has 2 heterocycles. The highest BCUT2D eigenvalue weighted by molar-refractivity contribution is 5.51. The Hall–Kier alpha value is -1.05. The van der Waals surface area contributed by atoms with Crippen LogP contribution >= 0.6 is 0 Å². The molecule has 11 heavy (non-hydrogen) atoms. The van der Waals surface area contributed by atoms with Gasteiger partial charge in [-0.2, -0.15) is 5.10 Å². The van der Waals surface area contributed by atoms with E-state index in [1.165, 1.54) is 11.3 Å². The number of fused-ring (bicyclic) bond motifs is 1. The first-order valence-electron chi connectivity index (χ1n) is 3.99. The van der Waals surface area contributed by atoms with Crippen molar-refractivity contribution in [3.8, 4) is 0 Å². The molecule has 58 valence electrons. The molecule has 1 aliphatic heterocycles. The summed E-state index contributed by atoms with van der Waals surface area (Å²) >= 11 is 0. The lowest BCUT2D eigenvalue weighted by Crippen LogP contribution is -2.04. The number of rotatable bonds is 0. The molecule has 0 aromatic carbocycles. The van der Waals surface area contributed by atoms with Gasteiger partial charge in [0.05, 0.1) is 11.4 Å². The summed E-state index contributed by atoms with van der Waals surface area (Å²) in [6.45, 7) is 5.23. The summed E-state index contributed by atoms with van der Waals surface area (Å²) in [5.41, 5.74) is 3.77. The van der Waals surface area contributed by atoms with Gasteiger partial charge >= 0.3 is 0 Å². The summed E-state index contributed by atoms with van der Waals surface area (Å²) in [4.78, 5) is 0. The molecule has 0 amide bonds. The minimum atomic E-state index is 1.04. The van der Waals surface area contributed by atoms with Gasteiger partial charge < -0.3 is 0 Å². The maximum absolute atomic E-state index is 4.42. The Morgan fingerprint density at radius 1 is 1.45 bits per heavy atom. The molecule has 0 saturated carbocycles. The molecule has 0 radical (unpaired) electrons. The average molecular weight is 148 g/mol. The van der Waals surface area contributed by atoms with Gasteiger partial charge in [0.25, 0.3) is 0 Å². The van der Waals surface area contributed by atoms with Crippen LogP contribution in [0.3, 0.4) is 0 Å². The van der Waals surface area contributed by atoms with Crippen molar-refractivity contribution in [2.75, 3.05) is 0 Å². The smallest absolute Gasteiger partial charge is 0.0638 e. The van der Waals surface area contributed by atoms with E-state index in [2.05, 4.69) is 35.8 Å². The monoisotopic (exact) mass is 148 g/mol. The van der Waals surface area contributed by atoms with Crippen molar-refractivity contribution < 1.29 is 0 Å². The maximum atomic E-state index is 4.42. The molecule has 0 atom stereocenters. The minimum absolute atomic E-state index is 1.04. The van der Waals surface area contributed by atoms with Crippen LogP contribution in [-0.2, 0) is 6.54 Å². The van der Waals surface area contributed by atoms with E-state index in [1.807, 2.05) is 0 Å². The summed E-state index contributed by atoms with van der Waals surface area (Å²) in [5, 5.41) is 4.42. The quantitative estimate of drug-likeness (QED) is 0.549. The normalized spacial score (nSPS) is 15.1. The van der Waals surface area contributed by atoms with E-state index in [-0.39, 0.29) is 0 Å². The molecule has 0 spiro atoms. The van der Waals surface area contributed by atoms with E-state index in [1.54, 1.807) is 0 Å². The summed E-state index contributed by atoms with van der Waals surface area (Å²) < 4.78 is 2.09. The molecule has 0 bridgehead atoms. The lowest BCUT2D eigenvalue weighted by atomic mass is 10.1. The summed E-state index contributed by atoms with van der Waals surface area (Å²) in [6, 6.07) is 0. The van der Waals surface area contributed by atoms with Gasteiger partial charge in [-0.05, 0) is 31.9 Å². The second kappa shape index (κ2) is 2.22. The molecule has 0 N–H and O–H groups in total. The van der Waals surface area contributed by atoms with Crippen molar-refractivity contribution in [3.05, 3.63) is 23.0 Å². The maximum Gasteiger partial charge on any atom is 0.0638 e. The van der Waals surface area contributed by atoms with Gasteiger partial charge in [-0.1, -0.05) is 6.08 Å². The van der Waals surface area contributed by atoms with E-state index in [0.29, 0.717) is 0 Å². The van der Waals surface area contributed by atoms with Crippen LogP contribution in [-0.4, -0.2) is 9.78 Å². The highest BCUT2D eigenvalue weighted by Crippen LogP contribution is 2.17. The molecule has 2 rings (SSSR count). The molecule has 1 aromatic heterocycles. The largest absolute Gasteiger partial charge is 0.265 e. The third-order valence-corrected chi connectivity index (χ3v) is 2.26. The number of nitrogens with zero attached hydrogens (tertiary/aromatic N) is 2. The van der Waals surface area contributed by atoms with E-state index >= 15 is 0 Å². The second-order valence-corrected chi connectivity index (χ2v) is 3.01. The topological polar surface area (TPSA) is 17.8 Å². The number of allylic oxidation sites excluding steroid dienone is 1. The van der Waals surface area contributed by atoms with Crippen molar-refractivity contribution >= 4 is 6.08 Å². The lowest BCUT2D eigenvalue weighted by molar-refractivity contribution is 0.604. The van der Waals surface area contributed by atoms with Gasteiger partial charge in [-0.3, -0.25) is 4.68 Å². The van der Waals surface area contributed by atoms with Crippen LogP contribution in [0.2, 0.25) is 0 Å². The number of hydrogen-bond donors (Lipinski definition) is 0. The molecule has 1 aromatic rings. The van der Waals surface area contributed by atoms with Crippen LogP contribution in [0, 0.1) is 13.8 Å². The van der Waals surface area contributed by atoms with Crippen LogP contribution in [0.25, 0.3) is 6.08 Å². The van der Waals surface area contributed by atoms with Crippen LogP contribution < -0.4 is 0 Å². The lowest BCUT2D eigenvalue weighted by Gasteiger charge is -2.07. The molecule has 2 heteroatoms. The van der Waals surface area contributed by atoms with Crippen LogP contribution in [0.4, 0.5) is 0 Å². The average Bonchev–Trinajstić information content (AvgIpc) is 2.30. The predicted molar refractivity (Wildman–Crippen MR) is 45.4 cm³/mol. The van der Waals surface area contributed by atoms with Crippen LogP contribution in [0.15, 0.2) is 6.08 Å². The Balaban J connectivity index is 2.61. The fraction of sp³-hybridized carbons (Fsp3) is 0.444. The van der Waals surface area contributed by atoms with Gasteiger partial charge in [0.1, 0.15) is 0 Å². The first-order valence-corrected chi connectivity index (χ1v) is 3.99. The molecule has 0 unspecified atom stereocenters. The van der Waals surface area contributed by atoms with E-state index < -0.39 is 0 Å². The molecule has 0 aliphatic carbocycles. The molecular formula is C9H12N2. The van der Waals surface area contributed by atoms with Crippen molar-refractivity contribution in [2.24, 2.45) is 0 Å². The van der Waals surface area contributed by atoms with Gasteiger partial charge in [-0.15, -0.1) is 0 Å². The highest BCUT2D eigenvalue weighted by atomic mass is 15.3. The Bertz CT molecular complexity index is 308. The molecule has 0 fully saturated rings. The number of hydrogen-bond acceptors (Lipinski definition) is 1. The predicted octanol–water partition coefficient (Wildman–Crippen LogP) is 1.92. The van der Waals surface area contributed by atoms with Crippen LogP contribution in [0.5, 0.6) is 0 Å². The minimum Gasteiger partial charge on any atom is -0.265 e. The van der Waals surface area contributed by atoms with Crippen molar-refractivity contribution in [2.45, 2.75) is 26.8 Å². The Morgan fingerprint density at radius 2 is 2.27 bits per heavy atom. The Labute approximate surface area is 66.5 Å². The van der Waals surface area contributed by atoms with E-state index in [4.69, 9.17) is 0 Å². The third kappa shape index (κ3) is 0.897. The molecular weight excluding hydrogens is 136 g/mol.